The first-order valence-corrected chi connectivity index (χ1v) is 8.06. The Morgan fingerprint density at radius 2 is 2.16 bits per heavy atom. The standard InChI is InChI=1S/C13H20N2O3S/c1-2-12-9-18-8-7-15(12)19(16,17)10-11-5-3-4-6-13(11)14/h3-6,12H,2,7-10,14H2,1H3. The molecule has 0 radical (unpaired) electrons. The van der Waals surface area contributed by atoms with Crippen LogP contribution in [0.15, 0.2) is 24.3 Å². The fourth-order valence-electron chi connectivity index (χ4n) is 2.27. The fourth-order valence-corrected chi connectivity index (χ4v) is 4.11. The first-order valence-electron chi connectivity index (χ1n) is 6.45. The molecule has 1 fully saturated rings. The van der Waals surface area contributed by atoms with Crippen LogP contribution in [0.25, 0.3) is 0 Å². The number of hydrogen-bond acceptors (Lipinski definition) is 4. The van der Waals surface area contributed by atoms with E-state index in [2.05, 4.69) is 0 Å². The van der Waals surface area contributed by atoms with E-state index in [4.69, 9.17) is 10.5 Å². The minimum atomic E-state index is -3.35. The van der Waals surface area contributed by atoms with Gasteiger partial charge in [0.2, 0.25) is 10.0 Å². The Kier molecular flexibility index (Phi) is 4.44. The van der Waals surface area contributed by atoms with Crippen LogP contribution in [0.1, 0.15) is 18.9 Å². The van der Waals surface area contributed by atoms with Crippen LogP contribution in [0, 0.1) is 0 Å². The highest BCUT2D eigenvalue weighted by molar-refractivity contribution is 7.88. The minimum absolute atomic E-state index is 0.0455. The van der Waals surface area contributed by atoms with E-state index in [1.165, 1.54) is 0 Å². The third-order valence-corrected chi connectivity index (χ3v) is 5.27. The number of sulfonamides is 1. The van der Waals surface area contributed by atoms with Gasteiger partial charge in [-0.05, 0) is 18.1 Å². The molecule has 0 aromatic heterocycles. The number of morpholine rings is 1. The quantitative estimate of drug-likeness (QED) is 0.844. The molecule has 2 N–H and O–H groups in total. The fraction of sp³-hybridized carbons (Fsp3) is 0.538. The number of rotatable bonds is 4. The maximum atomic E-state index is 12.5. The molecule has 6 heteroatoms. The van der Waals surface area contributed by atoms with Crippen molar-refractivity contribution in [1.82, 2.24) is 4.31 Å². The molecule has 1 aliphatic rings. The van der Waals surface area contributed by atoms with E-state index in [1.807, 2.05) is 6.92 Å². The monoisotopic (exact) mass is 284 g/mol. The Bertz CT molecular complexity index is 530. The number of nitrogen functional groups attached to an aromatic ring is 1. The lowest BCUT2D eigenvalue weighted by Gasteiger charge is -2.34. The maximum Gasteiger partial charge on any atom is 0.218 e. The van der Waals surface area contributed by atoms with Gasteiger partial charge in [-0.15, -0.1) is 0 Å². The Morgan fingerprint density at radius 1 is 1.42 bits per heavy atom. The summed E-state index contributed by atoms with van der Waals surface area (Å²) in [5.74, 6) is -0.0455. The molecule has 0 bridgehead atoms. The van der Waals surface area contributed by atoms with Gasteiger partial charge in [0.15, 0.2) is 0 Å². The number of benzene rings is 1. The van der Waals surface area contributed by atoms with Crippen molar-refractivity contribution < 1.29 is 13.2 Å². The second-order valence-electron chi connectivity index (χ2n) is 4.70. The van der Waals surface area contributed by atoms with Crippen LogP contribution < -0.4 is 5.73 Å². The molecule has 1 aromatic carbocycles. The third-order valence-electron chi connectivity index (χ3n) is 3.40. The number of ether oxygens (including phenoxy) is 1. The van der Waals surface area contributed by atoms with Crippen molar-refractivity contribution >= 4 is 15.7 Å². The Hall–Kier alpha value is -1.11. The molecule has 5 nitrogen and oxygen atoms in total. The topological polar surface area (TPSA) is 72.6 Å². The smallest absolute Gasteiger partial charge is 0.218 e. The molecule has 106 valence electrons. The third kappa shape index (κ3) is 3.26. The summed E-state index contributed by atoms with van der Waals surface area (Å²) in [4.78, 5) is 0. The van der Waals surface area contributed by atoms with Gasteiger partial charge in [-0.2, -0.15) is 4.31 Å². The Morgan fingerprint density at radius 3 is 2.84 bits per heavy atom. The molecule has 19 heavy (non-hydrogen) atoms. The molecule has 0 amide bonds. The molecule has 1 aliphatic heterocycles. The molecular formula is C13H20N2O3S. The van der Waals surface area contributed by atoms with Crippen LogP contribution >= 0.6 is 0 Å². The summed E-state index contributed by atoms with van der Waals surface area (Å²) in [6.45, 7) is 3.33. The zero-order valence-electron chi connectivity index (χ0n) is 11.1. The van der Waals surface area contributed by atoms with Gasteiger partial charge < -0.3 is 10.5 Å². The van der Waals surface area contributed by atoms with Crippen molar-refractivity contribution in [2.45, 2.75) is 25.1 Å². The summed E-state index contributed by atoms with van der Waals surface area (Å²) in [5.41, 5.74) is 6.99. The van der Waals surface area contributed by atoms with E-state index in [0.717, 1.165) is 6.42 Å². The van der Waals surface area contributed by atoms with Gasteiger partial charge in [0, 0.05) is 18.3 Å². The average molecular weight is 284 g/mol. The van der Waals surface area contributed by atoms with Gasteiger partial charge in [0.05, 0.1) is 19.0 Å². The summed E-state index contributed by atoms with van der Waals surface area (Å²) in [5, 5.41) is 0. The highest BCUT2D eigenvalue weighted by Crippen LogP contribution is 2.21. The molecule has 0 saturated carbocycles. The molecule has 0 spiro atoms. The van der Waals surface area contributed by atoms with Crippen molar-refractivity contribution in [2.24, 2.45) is 0 Å². The molecule has 0 aliphatic carbocycles. The van der Waals surface area contributed by atoms with E-state index in [-0.39, 0.29) is 11.8 Å². The zero-order chi connectivity index (χ0) is 13.9. The number of nitrogens with two attached hydrogens (primary N) is 1. The normalized spacial score (nSPS) is 21.4. The lowest BCUT2D eigenvalue weighted by atomic mass is 10.2. The van der Waals surface area contributed by atoms with Gasteiger partial charge >= 0.3 is 0 Å². The summed E-state index contributed by atoms with van der Waals surface area (Å²) in [6, 6.07) is 7.02. The summed E-state index contributed by atoms with van der Waals surface area (Å²) in [6.07, 6.45) is 0.753. The van der Waals surface area contributed by atoms with E-state index in [9.17, 15) is 8.42 Å². The van der Waals surface area contributed by atoms with Gasteiger partial charge in [-0.3, -0.25) is 0 Å². The highest BCUT2D eigenvalue weighted by atomic mass is 32.2. The summed E-state index contributed by atoms with van der Waals surface area (Å²) in [7, 11) is -3.35. The number of hydrogen-bond donors (Lipinski definition) is 1. The molecule has 1 atom stereocenters. The number of nitrogens with zero attached hydrogens (tertiary/aromatic N) is 1. The minimum Gasteiger partial charge on any atom is -0.398 e. The Balaban J connectivity index is 2.20. The largest absolute Gasteiger partial charge is 0.398 e. The molecular weight excluding hydrogens is 264 g/mol. The predicted molar refractivity (Wildman–Crippen MR) is 75.1 cm³/mol. The molecule has 1 unspecified atom stereocenters. The van der Waals surface area contributed by atoms with Crippen LogP contribution in [-0.2, 0) is 20.5 Å². The summed E-state index contributed by atoms with van der Waals surface area (Å²) < 4.78 is 31.9. The van der Waals surface area contributed by atoms with Crippen LogP contribution in [0.5, 0.6) is 0 Å². The average Bonchev–Trinajstić information content (AvgIpc) is 2.41. The lowest BCUT2D eigenvalue weighted by molar-refractivity contribution is 0.0313. The zero-order valence-corrected chi connectivity index (χ0v) is 11.9. The second kappa shape index (κ2) is 5.90. The SMILES string of the molecule is CCC1COCCN1S(=O)(=O)Cc1ccccc1N. The lowest BCUT2D eigenvalue weighted by Crippen LogP contribution is -2.48. The first-order chi connectivity index (χ1) is 9.04. The van der Waals surface area contributed by atoms with Crippen LogP contribution in [0.4, 0.5) is 5.69 Å². The van der Waals surface area contributed by atoms with Gasteiger partial charge in [-0.25, -0.2) is 8.42 Å². The van der Waals surface area contributed by atoms with E-state index < -0.39 is 10.0 Å². The highest BCUT2D eigenvalue weighted by Gasteiger charge is 2.32. The van der Waals surface area contributed by atoms with E-state index in [0.29, 0.717) is 31.0 Å². The van der Waals surface area contributed by atoms with Gasteiger partial charge in [0.1, 0.15) is 0 Å². The molecule has 2 rings (SSSR count). The van der Waals surface area contributed by atoms with Crippen molar-refractivity contribution in [2.75, 3.05) is 25.5 Å². The number of anilines is 1. The first kappa shape index (κ1) is 14.3. The Labute approximate surface area is 114 Å². The van der Waals surface area contributed by atoms with Gasteiger partial charge in [-0.1, -0.05) is 25.1 Å². The summed E-state index contributed by atoms with van der Waals surface area (Å²) >= 11 is 0. The second-order valence-corrected chi connectivity index (χ2v) is 6.62. The van der Waals surface area contributed by atoms with Crippen molar-refractivity contribution in [1.29, 1.82) is 0 Å². The molecule has 1 saturated heterocycles. The maximum absolute atomic E-state index is 12.5. The van der Waals surface area contributed by atoms with E-state index in [1.54, 1.807) is 28.6 Å². The van der Waals surface area contributed by atoms with Crippen LogP contribution in [0.3, 0.4) is 0 Å². The number of para-hydroxylation sites is 1. The van der Waals surface area contributed by atoms with Crippen LogP contribution in [-0.4, -0.2) is 38.5 Å². The van der Waals surface area contributed by atoms with Crippen molar-refractivity contribution in [3.8, 4) is 0 Å². The molecule has 1 heterocycles. The van der Waals surface area contributed by atoms with Gasteiger partial charge in [0.25, 0.3) is 0 Å². The predicted octanol–water partition coefficient (Wildman–Crippen LogP) is 1.21. The van der Waals surface area contributed by atoms with Crippen molar-refractivity contribution in [3.63, 3.8) is 0 Å². The van der Waals surface area contributed by atoms with Crippen molar-refractivity contribution in [3.05, 3.63) is 29.8 Å². The molecule has 1 aromatic rings. The van der Waals surface area contributed by atoms with Crippen LogP contribution in [0.2, 0.25) is 0 Å². The van der Waals surface area contributed by atoms with E-state index >= 15 is 0 Å².